The van der Waals surface area contributed by atoms with Gasteiger partial charge in [-0.3, -0.25) is 4.90 Å². The van der Waals surface area contributed by atoms with Gasteiger partial charge in [-0.15, -0.1) is 0 Å². The van der Waals surface area contributed by atoms with E-state index in [1.165, 1.54) is 0 Å². The van der Waals surface area contributed by atoms with Crippen molar-refractivity contribution in [1.29, 1.82) is 0 Å². The third kappa shape index (κ3) is 4.13. The molecule has 0 heterocycles. The summed E-state index contributed by atoms with van der Waals surface area (Å²) in [6.07, 6.45) is 1.70. The Bertz CT molecular complexity index is 395. The quantitative estimate of drug-likeness (QED) is 0.666. The highest BCUT2D eigenvalue weighted by Crippen LogP contribution is 2.38. The van der Waals surface area contributed by atoms with Crippen molar-refractivity contribution < 1.29 is 19.0 Å². The fraction of sp³-hybridized carbons (Fsp3) is 0.500. The standard InChI is InChI=1S/C14H21NO4/c1-15(7-8-16)6-5-11-9-12(17-2)14(19-4)13(10-11)18-3/h8-10H,5-7H2,1-4H3. The van der Waals surface area contributed by atoms with Gasteiger partial charge >= 0.3 is 0 Å². The normalized spacial score (nSPS) is 10.4. The predicted octanol–water partition coefficient (Wildman–Crippen LogP) is 1.39. The molecule has 5 nitrogen and oxygen atoms in total. The summed E-state index contributed by atoms with van der Waals surface area (Å²) >= 11 is 0. The van der Waals surface area contributed by atoms with Crippen molar-refractivity contribution in [3.63, 3.8) is 0 Å². The average molecular weight is 267 g/mol. The van der Waals surface area contributed by atoms with Crippen LogP contribution in [0.2, 0.25) is 0 Å². The molecule has 1 aromatic rings. The fourth-order valence-electron chi connectivity index (χ4n) is 1.82. The number of ether oxygens (including phenoxy) is 3. The second-order valence-corrected chi connectivity index (χ2v) is 4.21. The summed E-state index contributed by atoms with van der Waals surface area (Å²) in [5.41, 5.74) is 1.08. The van der Waals surface area contributed by atoms with Gasteiger partial charge in [-0.05, 0) is 31.2 Å². The van der Waals surface area contributed by atoms with Gasteiger partial charge in [-0.1, -0.05) is 0 Å². The minimum atomic E-state index is 0.435. The van der Waals surface area contributed by atoms with Gasteiger partial charge in [0, 0.05) is 6.54 Å². The van der Waals surface area contributed by atoms with Gasteiger partial charge in [-0.25, -0.2) is 0 Å². The van der Waals surface area contributed by atoms with Gasteiger partial charge in [0.1, 0.15) is 6.29 Å². The van der Waals surface area contributed by atoms with Crippen molar-refractivity contribution in [3.05, 3.63) is 17.7 Å². The van der Waals surface area contributed by atoms with E-state index in [0.29, 0.717) is 23.8 Å². The van der Waals surface area contributed by atoms with E-state index in [1.54, 1.807) is 21.3 Å². The van der Waals surface area contributed by atoms with E-state index in [0.717, 1.165) is 24.8 Å². The largest absolute Gasteiger partial charge is 0.493 e. The molecule has 1 aromatic carbocycles. The average Bonchev–Trinajstić information content (AvgIpc) is 2.44. The Labute approximate surface area is 114 Å². The first kappa shape index (κ1) is 15.3. The Morgan fingerprint density at radius 2 is 1.68 bits per heavy atom. The lowest BCUT2D eigenvalue weighted by molar-refractivity contribution is -0.108. The molecule has 0 unspecified atom stereocenters. The number of methoxy groups -OCH3 is 3. The highest BCUT2D eigenvalue weighted by atomic mass is 16.5. The van der Waals surface area contributed by atoms with Crippen molar-refractivity contribution in [2.75, 3.05) is 41.5 Å². The number of hydrogen-bond acceptors (Lipinski definition) is 5. The number of benzene rings is 1. The summed E-state index contributed by atoms with van der Waals surface area (Å²) in [4.78, 5) is 12.4. The van der Waals surface area contributed by atoms with Crippen LogP contribution in [0.15, 0.2) is 12.1 Å². The Kier molecular flexibility index (Phi) is 6.15. The van der Waals surface area contributed by atoms with Crippen LogP contribution in [-0.4, -0.2) is 52.7 Å². The van der Waals surface area contributed by atoms with Gasteiger partial charge in [-0.2, -0.15) is 0 Å². The van der Waals surface area contributed by atoms with Gasteiger partial charge in [0.05, 0.1) is 27.9 Å². The molecule has 0 saturated heterocycles. The van der Waals surface area contributed by atoms with Crippen LogP contribution in [0, 0.1) is 0 Å². The van der Waals surface area contributed by atoms with Crippen molar-refractivity contribution >= 4 is 6.29 Å². The molecule has 0 aliphatic rings. The zero-order valence-corrected chi connectivity index (χ0v) is 11.9. The Hall–Kier alpha value is -1.75. The molecule has 19 heavy (non-hydrogen) atoms. The van der Waals surface area contributed by atoms with Crippen LogP contribution in [0.5, 0.6) is 17.2 Å². The number of hydrogen-bond donors (Lipinski definition) is 0. The first-order valence-corrected chi connectivity index (χ1v) is 6.07. The van der Waals surface area contributed by atoms with E-state index in [9.17, 15) is 4.79 Å². The van der Waals surface area contributed by atoms with Crippen LogP contribution in [0.1, 0.15) is 5.56 Å². The Morgan fingerprint density at radius 3 is 2.11 bits per heavy atom. The summed E-state index contributed by atoms with van der Waals surface area (Å²) in [5, 5.41) is 0. The number of rotatable bonds is 8. The summed E-state index contributed by atoms with van der Waals surface area (Å²) in [5.74, 6) is 1.89. The summed E-state index contributed by atoms with van der Waals surface area (Å²) < 4.78 is 15.9. The van der Waals surface area contributed by atoms with Crippen molar-refractivity contribution in [3.8, 4) is 17.2 Å². The zero-order valence-electron chi connectivity index (χ0n) is 11.9. The number of aldehydes is 1. The molecule has 0 aromatic heterocycles. The SMILES string of the molecule is COc1cc(CCN(C)CC=O)cc(OC)c1OC. The molecule has 0 N–H and O–H groups in total. The molecule has 0 spiro atoms. The van der Waals surface area contributed by atoms with Crippen molar-refractivity contribution in [2.45, 2.75) is 6.42 Å². The number of nitrogens with zero attached hydrogens (tertiary/aromatic N) is 1. The lowest BCUT2D eigenvalue weighted by Gasteiger charge is -2.16. The van der Waals surface area contributed by atoms with Crippen LogP contribution in [0.25, 0.3) is 0 Å². The zero-order chi connectivity index (χ0) is 14.3. The highest BCUT2D eigenvalue weighted by molar-refractivity contribution is 5.54. The minimum Gasteiger partial charge on any atom is -0.493 e. The van der Waals surface area contributed by atoms with Crippen LogP contribution < -0.4 is 14.2 Å². The molecule has 0 radical (unpaired) electrons. The first-order chi connectivity index (χ1) is 9.15. The maximum Gasteiger partial charge on any atom is 0.203 e. The highest BCUT2D eigenvalue weighted by Gasteiger charge is 2.13. The third-order valence-corrected chi connectivity index (χ3v) is 2.89. The van der Waals surface area contributed by atoms with Crippen molar-refractivity contribution in [2.24, 2.45) is 0 Å². The molecule has 0 amide bonds. The Balaban J connectivity index is 2.87. The topological polar surface area (TPSA) is 48.0 Å². The fourth-order valence-corrected chi connectivity index (χ4v) is 1.82. The van der Waals surface area contributed by atoms with E-state index in [-0.39, 0.29) is 0 Å². The molecule has 0 atom stereocenters. The van der Waals surface area contributed by atoms with Crippen LogP contribution in [-0.2, 0) is 11.2 Å². The second kappa shape index (κ2) is 7.63. The second-order valence-electron chi connectivity index (χ2n) is 4.21. The molecule has 5 heteroatoms. The van der Waals surface area contributed by atoms with E-state index in [2.05, 4.69) is 0 Å². The monoisotopic (exact) mass is 267 g/mol. The van der Waals surface area contributed by atoms with Gasteiger partial charge in [0.15, 0.2) is 11.5 Å². The van der Waals surface area contributed by atoms with E-state index >= 15 is 0 Å². The number of likely N-dealkylation sites (N-methyl/N-ethyl adjacent to an activating group) is 1. The summed E-state index contributed by atoms with van der Waals surface area (Å²) in [6.45, 7) is 1.22. The van der Waals surface area contributed by atoms with Crippen LogP contribution >= 0.6 is 0 Å². The van der Waals surface area contributed by atoms with Gasteiger partial charge in [0.2, 0.25) is 5.75 Å². The maximum atomic E-state index is 10.4. The van der Waals surface area contributed by atoms with Gasteiger partial charge in [0.25, 0.3) is 0 Å². The molecule has 0 bridgehead atoms. The molecular weight excluding hydrogens is 246 g/mol. The predicted molar refractivity (Wildman–Crippen MR) is 73.4 cm³/mol. The lowest BCUT2D eigenvalue weighted by Crippen LogP contribution is -2.23. The van der Waals surface area contributed by atoms with E-state index < -0.39 is 0 Å². The summed E-state index contributed by atoms with van der Waals surface area (Å²) in [7, 11) is 6.68. The molecule has 0 saturated carbocycles. The molecule has 1 rings (SSSR count). The minimum absolute atomic E-state index is 0.435. The molecular formula is C14H21NO4. The van der Waals surface area contributed by atoms with Gasteiger partial charge < -0.3 is 19.0 Å². The first-order valence-electron chi connectivity index (χ1n) is 6.07. The molecule has 0 aliphatic heterocycles. The smallest absolute Gasteiger partial charge is 0.203 e. The molecule has 106 valence electrons. The number of carbonyl (C=O) groups is 1. The third-order valence-electron chi connectivity index (χ3n) is 2.89. The molecule has 0 fully saturated rings. The van der Waals surface area contributed by atoms with E-state index in [4.69, 9.17) is 14.2 Å². The lowest BCUT2D eigenvalue weighted by atomic mass is 10.1. The van der Waals surface area contributed by atoms with Crippen LogP contribution in [0.3, 0.4) is 0 Å². The summed E-state index contributed by atoms with van der Waals surface area (Å²) in [6, 6.07) is 3.85. The molecule has 0 aliphatic carbocycles. The maximum absolute atomic E-state index is 10.4. The Morgan fingerprint density at radius 1 is 1.11 bits per heavy atom. The van der Waals surface area contributed by atoms with E-state index in [1.807, 2.05) is 24.1 Å². The van der Waals surface area contributed by atoms with Crippen LogP contribution in [0.4, 0.5) is 0 Å². The van der Waals surface area contributed by atoms with Crippen molar-refractivity contribution in [1.82, 2.24) is 4.90 Å². The number of carbonyl (C=O) groups excluding carboxylic acids is 1.